The number of carbonyl (C=O) groups excluding carboxylic acids is 3. The third-order valence-electron chi connectivity index (χ3n) is 5.89. The van der Waals surface area contributed by atoms with Crippen LogP contribution in [0, 0.1) is 5.41 Å². The van der Waals surface area contributed by atoms with E-state index in [1.54, 1.807) is 48.5 Å². The second-order valence-corrected chi connectivity index (χ2v) is 8.73. The third-order valence-corrected chi connectivity index (χ3v) is 5.89. The molecule has 0 radical (unpaired) electrons. The lowest BCUT2D eigenvalue weighted by Gasteiger charge is -2.29. The van der Waals surface area contributed by atoms with Crippen molar-refractivity contribution < 1.29 is 41.4 Å². The van der Waals surface area contributed by atoms with E-state index in [1.807, 2.05) is 0 Å². The molecule has 0 unspecified atom stereocenters. The fraction of sp³-hybridized carbons (Fsp3) is 0.375. The van der Waals surface area contributed by atoms with Gasteiger partial charge in [0.05, 0.1) is 18.8 Å². The van der Waals surface area contributed by atoms with Gasteiger partial charge in [0, 0.05) is 12.1 Å². The van der Waals surface area contributed by atoms with Crippen molar-refractivity contribution in [3.05, 3.63) is 54.1 Å². The number of halogens is 5. The minimum Gasteiger partial charge on any atom is -0.395 e. The summed E-state index contributed by atoms with van der Waals surface area (Å²) in [6.45, 7) is -0.463. The molecule has 2 aromatic carbocycles. The zero-order valence-corrected chi connectivity index (χ0v) is 19.3. The number of benzene rings is 2. The van der Waals surface area contributed by atoms with Crippen LogP contribution in [0.2, 0.25) is 0 Å². The van der Waals surface area contributed by atoms with Crippen molar-refractivity contribution in [2.75, 3.05) is 24.6 Å². The lowest BCUT2D eigenvalue weighted by atomic mass is 9.89. The number of para-hydroxylation sites is 1. The van der Waals surface area contributed by atoms with E-state index in [0.717, 1.165) is 13.8 Å². The number of hydrogen-bond acceptors (Lipinski definition) is 4. The van der Waals surface area contributed by atoms with Crippen LogP contribution >= 0.6 is 0 Å². The minimum atomic E-state index is -5.88. The Kier molecular flexibility index (Phi) is 7.40. The van der Waals surface area contributed by atoms with Gasteiger partial charge in [0.15, 0.2) is 0 Å². The molecular formula is C24H24F5N3O4. The number of anilines is 1. The molecule has 0 saturated heterocycles. The molecule has 1 atom stereocenters. The molecular weight excluding hydrogens is 489 g/mol. The first-order valence-corrected chi connectivity index (χ1v) is 10.9. The first-order valence-electron chi connectivity index (χ1n) is 10.9. The predicted molar refractivity (Wildman–Crippen MR) is 120 cm³/mol. The van der Waals surface area contributed by atoms with Crippen LogP contribution in [-0.2, 0) is 14.4 Å². The van der Waals surface area contributed by atoms with Crippen LogP contribution < -0.4 is 15.5 Å². The Morgan fingerprint density at radius 3 is 2.14 bits per heavy atom. The number of nitrogens with zero attached hydrogens (tertiary/aromatic N) is 1. The van der Waals surface area contributed by atoms with E-state index in [2.05, 4.69) is 5.32 Å². The Balaban J connectivity index is 1.92. The second kappa shape index (κ2) is 9.84. The van der Waals surface area contributed by atoms with Crippen molar-refractivity contribution in [1.82, 2.24) is 10.6 Å². The van der Waals surface area contributed by atoms with Gasteiger partial charge >= 0.3 is 12.1 Å². The molecule has 2 aromatic rings. The SMILES string of the molecule is CC(C)(C(=O)NCC(F)(F)C(F)(F)F)C(=O)N[C@@H]1C(=O)N(CCO)c2ccccc2-c2ccccc21. The average Bonchev–Trinajstić information content (AvgIpc) is 2.91. The lowest BCUT2D eigenvalue weighted by Crippen LogP contribution is -2.54. The van der Waals surface area contributed by atoms with Gasteiger partial charge in [-0.2, -0.15) is 22.0 Å². The number of aliphatic hydroxyl groups is 1. The number of β-amino-alcohol motifs (C(OH)–C–C–N with tert-alkyl or cyclic N) is 1. The van der Waals surface area contributed by atoms with Gasteiger partial charge in [0.25, 0.3) is 5.91 Å². The Morgan fingerprint density at radius 2 is 1.53 bits per heavy atom. The highest BCUT2D eigenvalue weighted by atomic mass is 19.4. The lowest BCUT2D eigenvalue weighted by molar-refractivity contribution is -0.278. The first kappa shape index (κ1) is 27.1. The summed E-state index contributed by atoms with van der Waals surface area (Å²) < 4.78 is 63.8. The number of alkyl halides is 5. The Hall–Kier alpha value is -3.54. The van der Waals surface area contributed by atoms with Gasteiger partial charge in [0.1, 0.15) is 11.5 Å². The molecule has 1 aliphatic heterocycles. The molecule has 0 spiro atoms. The fourth-order valence-corrected chi connectivity index (χ4v) is 3.74. The van der Waals surface area contributed by atoms with Gasteiger partial charge in [0.2, 0.25) is 11.8 Å². The summed E-state index contributed by atoms with van der Waals surface area (Å²) in [4.78, 5) is 40.4. The Labute approximate surface area is 203 Å². The summed E-state index contributed by atoms with van der Waals surface area (Å²) >= 11 is 0. The highest BCUT2D eigenvalue weighted by Gasteiger charge is 2.57. The summed E-state index contributed by atoms with van der Waals surface area (Å²) in [7, 11) is 0. The van der Waals surface area contributed by atoms with Gasteiger partial charge < -0.3 is 20.6 Å². The molecule has 3 N–H and O–H groups in total. The van der Waals surface area contributed by atoms with Gasteiger partial charge in [-0.3, -0.25) is 14.4 Å². The highest BCUT2D eigenvalue weighted by Crippen LogP contribution is 2.40. The Morgan fingerprint density at radius 1 is 0.944 bits per heavy atom. The molecule has 1 heterocycles. The minimum absolute atomic E-state index is 0.105. The molecule has 0 aromatic heterocycles. The summed E-state index contributed by atoms with van der Waals surface area (Å²) in [5.41, 5.74) is -0.00861. The van der Waals surface area contributed by atoms with Crippen molar-refractivity contribution >= 4 is 23.4 Å². The normalized spacial score (nSPS) is 16.1. The number of aliphatic hydroxyl groups excluding tert-OH is 1. The van der Waals surface area contributed by atoms with E-state index in [0.29, 0.717) is 22.4 Å². The zero-order valence-electron chi connectivity index (χ0n) is 19.3. The van der Waals surface area contributed by atoms with E-state index >= 15 is 0 Å². The quantitative estimate of drug-likeness (QED) is 0.391. The van der Waals surface area contributed by atoms with Crippen molar-refractivity contribution in [3.8, 4) is 11.1 Å². The van der Waals surface area contributed by atoms with Crippen LogP contribution in [0.5, 0.6) is 0 Å². The first-order chi connectivity index (χ1) is 16.7. The fourth-order valence-electron chi connectivity index (χ4n) is 3.74. The van der Waals surface area contributed by atoms with Gasteiger partial charge in [-0.25, -0.2) is 0 Å². The molecule has 1 aliphatic rings. The molecule has 0 saturated carbocycles. The molecule has 194 valence electrons. The van der Waals surface area contributed by atoms with Crippen molar-refractivity contribution in [2.45, 2.75) is 32.0 Å². The molecule has 7 nitrogen and oxygen atoms in total. The molecule has 12 heteroatoms. The maximum atomic E-state index is 13.5. The number of rotatable bonds is 7. The van der Waals surface area contributed by atoms with Gasteiger partial charge in [-0.15, -0.1) is 0 Å². The molecule has 3 rings (SSSR count). The van der Waals surface area contributed by atoms with Crippen molar-refractivity contribution in [3.63, 3.8) is 0 Å². The average molecular weight is 513 g/mol. The molecule has 36 heavy (non-hydrogen) atoms. The largest absolute Gasteiger partial charge is 0.455 e. The van der Waals surface area contributed by atoms with E-state index < -0.39 is 54.4 Å². The van der Waals surface area contributed by atoms with Crippen molar-refractivity contribution in [1.29, 1.82) is 0 Å². The summed E-state index contributed by atoms with van der Waals surface area (Å²) in [6, 6.07) is 12.2. The smallest absolute Gasteiger partial charge is 0.395 e. The zero-order chi connectivity index (χ0) is 26.9. The highest BCUT2D eigenvalue weighted by molar-refractivity contribution is 6.09. The Bertz CT molecular complexity index is 1170. The standard InChI is InChI=1S/C24H24F5N3O4/c1-22(2,20(35)30-13-23(25,26)24(27,28)29)21(36)31-18-16-9-4-3-7-14(16)15-8-5-6-10-17(15)32(11-12-33)19(18)34/h3-10,18,33H,11-13H2,1-2H3,(H,30,35)(H,31,36)/t18-/m0/s1. The van der Waals surface area contributed by atoms with Gasteiger partial charge in [-0.05, 0) is 31.0 Å². The van der Waals surface area contributed by atoms with E-state index in [9.17, 15) is 41.4 Å². The van der Waals surface area contributed by atoms with E-state index in [4.69, 9.17) is 0 Å². The molecule has 0 bridgehead atoms. The van der Waals surface area contributed by atoms with E-state index in [1.165, 1.54) is 10.2 Å². The van der Waals surface area contributed by atoms with Gasteiger partial charge in [-0.1, -0.05) is 42.5 Å². The van der Waals surface area contributed by atoms with Crippen LogP contribution in [0.25, 0.3) is 11.1 Å². The second-order valence-electron chi connectivity index (χ2n) is 8.73. The molecule has 0 aliphatic carbocycles. The maximum absolute atomic E-state index is 13.5. The third kappa shape index (κ3) is 5.03. The van der Waals surface area contributed by atoms with Crippen LogP contribution in [0.1, 0.15) is 25.5 Å². The number of fused-ring (bicyclic) bond motifs is 3. The monoisotopic (exact) mass is 513 g/mol. The van der Waals surface area contributed by atoms with Crippen LogP contribution in [-0.4, -0.2) is 54.6 Å². The maximum Gasteiger partial charge on any atom is 0.455 e. The van der Waals surface area contributed by atoms with Crippen LogP contribution in [0.3, 0.4) is 0 Å². The molecule has 0 fully saturated rings. The topological polar surface area (TPSA) is 98.7 Å². The number of hydrogen-bond donors (Lipinski definition) is 3. The summed E-state index contributed by atoms with van der Waals surface area (Å²) in [6.07, 6.45) is -5.88. The predicted octanol–water partition coefficient (Wildman–Crippen LogP) is 3.19. The summed E-state index contributed by atoms with van der Waals surface area (Å²) in [5, 5.41) is 13.5. The number of carbonyl (C=O) groups is 3. The van der Waals surface area contributed by atoms with E-state index in [-0.39, 0.29) is 6.54 Å². The number of nitrogens with one attached hydrogen (secondary N) is 2. The van der Waals surface area contributed by atoms with Crippen LogP contribution in [0.15, 0.2) is 48.5 Å². The van der Waals surface area contributed by atoms with Crippen LogP contribution in [0.4, 0.5) is 27.6 Å². The summed E-state index contributed by atoms with van der Waals surface area (Å²) in [5.74, 6) is -8.27. The molecule has 3 amide bonds. The van der Waals surface area contributed by atoms with Crippen molar-refractivity contribution in [2.24, 2.45) is 5.41 Å². The number of amides is 3.